The minimum atomic E-state index is -0.115. The molecule has 1 saturated carbocycles. The van der Waals surface area contributed by atoms with Crippen molar-refractivity contribution in [2.24, 2.45) is 28.6 Å². The third-order valence-corrected chi connectivity index (χ3v) is 7.24. The van der Waals surface area contributed by atoms with Gasteiger partial charge in [0.15, 0.2) is 11.6 Å². The molecule has 4 aliphatic rings. The molecule has 0 radical (unpaired) electrons. The summed E-state index contributed by atoms with van der Waals surface area (Å²) < 4.78 is 0. The number of hydrogen-bond acceptors (Lipinski definition) is 2. The smallest absolute Gasteiger partial charge is 0.178 e. The fraction of sp³-hybridized carbons (Fsp3) is 0.545. The number of Topliss-reactive ketones (excluding diaryl/α,β-unsaturated/α-hetero) is 1. The molecule has 2 heteroatoms. The van der Waals surface area contributed by atoms with Crippen LogP contribution in [0.1, 0.15) is 47.0 Å². The van der Waals surface area contributed by atoms with Gasteiger partial charge in [0.1, 0.15) is 0 Å². The van der Waals surface area contributed by atoms with E-state index < -0.39 is 0 Å². The lowest BCUT2D eigenvalue weighted by Gasteiger charge is -2.53. The first kappa shape index (κ1) is 15.8. The fourth-order valence-corrected chi connectivity index (χ4v) is 6.05. The van der Waals surface area contributed by atoms with Gasteiger partial charge in [-0.05, 0) is 74.2 Å². The fourth-order valence-electron chi connectivity index (χ4n) is 6.05. The van der Waals surface area contributed by atoms with Gasteiger partial charge in [-0.25, -0.2) is 0 Å². The average molecular weight is 322 g/mol. The monoisotopic (exact) mass is 322 g/mol. The van der Waals surface area contributed by atoms with Crippen LogP contribution in [0.25, 0.3) is 0 Å². The summed E-state index contributed by atoms with van der Waals surface area (Å²) in [5.74, 6) is 1.79. The van der Waals surface area contributed by atoms with Crippen LogP contribution >= 0.6 is 0 Å². The Balaban J connectivity index is 1.80. The van der Waals surface area contributed by atoms with E-state index in [4.69, 9.17) is 0 Å². The van der Waals surface area contributed by atoms with Crippen LogP contribution in [0.3, 0.4) is 0 Å². The van der Waals surface area contributed by atoms with Crippen molar-refractivity contribution in [3.63, 3.8) is 0 Å². The standard InChI is InChI=1S/C22H26O2/c1-13-11-16-18-6-5-17(14(2)23)21(18,3)10-8-19(16)22(4)9-7-15(24)12-20(13)22/h5,7-9,12-13,16,18H,6,10-11H2,1-4H3/t13-,16-,18-,21+,22+/m0/s1. The largest absolute Gasteiger partial charge is 0.295 e. The van der Waals surface area contributed by atoms with Crippen LogP contribution in [0.5, 0.6) is 0 Å². The zero-order valence-electron chi connectivity index (χ0n) is 15.1. The van der Waals surface area contributed by atoms with Crippen LogP contribution in [-0.4, -0.2) is 11.6 Å². The van der Waals surface area contributed by atoms with Crippen LogP contribution < -0.4 is 0 Å². The maximum absolute atomic E-state index is 12.1. The number of fused-ring (bicyclic) bond motifs is 5. The zero-order valence-corrected chi connectivity index (χ0v) is 15.1. The normalized spacial score (nSPS) is 43.2. The predicted molar refractivity (Wildman–Crippen MR) is 95.3 cm³/mol. The van der Waals surface area contributed by atoms with Gasteiger partial charge in [-0.1, -0.05) is 37.6 Å². The maximum Gasteiger partial charge on any atom is 0.178 e. The summed E-state index contributed by atoms with van der Waals surface area (Å²) in [4.78, 5) is 24.0. The molecule has 0 bridgehead atoms. The zero-order chi connectivity index (χ0) is 17.3. The van der Waals surface area contributed by atoms with Crippen LogP contribution in [0.15, 0.2) is 47.1 Å². The quantitative estimate of drug-likeness (QED) is 0.662. The molecule has 1 fully saturated rings. The van der Waals surface area contributed by atoms with E-state index >= 15 is 0 Å². The third kappa shape index (κ3) is 1.89. The predicted octanol–water partition coefficient (Wildman–Crippen LogP) is 4.59. The first-order valence-corrected chi connectivity index (χ1v) is 9.15. The van der Waals surface area contributed by atoms with E-state index in [1.54, 1.807) is 13.0 Å². The molecule has 0 N–H and O–H groups in total. The minimum absolute atomic E-state index is 0.00843. The van der Waals surface area contributed by atoms with Crippen molar-refractivity contribution in [1.29, 1.82) is 0 Å². The summed E-state index contributed by atoms with van der Waals surface area (Å²) >= 11 is 0. The Morgan fingerprint density at radius 3 is 2.67 bits per heavy atom. The summed E-state index contributed by atoms with van der Waals surface area (Å²) in [7, 11) is 0. The van der Waals surface area contributed by atoms with E-state index in [1.165, 1.54) is 11.1 Å². The first-order chi connectivity index (χ1) is 11.3. The summed E-state index contributed by atoms with van der Waals surface area (Å²) in [6.07, 6.45) is 13.4. The molecule has 4 rings (SSSR count). The summed E-state index contributed by atoms with van der Waals surface area (Å²) in [6.45, 7) is 8.52. The summed E-state index contributed by atoms with van der Waals surface area (Å²) in [5.41, 5.74) is 3.67. The Morgan fingerprint density at radius 2 is 1.96 bits per heavy atom. The third-order valence-electron chi connectivity index (χ3n) is 7.24. The highest BCUT2D eigenvalue weighted by Crippen LogP contribution is 2.63. The highest BCUT2D eigenvalue weighted by molar-refractivity contribution is 6.01. The van der Waals surface area contributed by atoms with Crippen LogP contribution in [-0.2, 0) is 9.59 Å². The number of hydrogen-bond donors (Lipinski definition) is 0. The second-order valence-corrected chi connectivity index (χ2v) is 8.58. The van der Waals surface area contributed by atoms with Gasteiger partial charge in [0.05, 0.1) is 0 Å². The molecule has 0 aliphatic heterocycles. The Morgan fingerprint density at radius 1 is 1.21 bits per heavy atom. The van der Waals surface area contributed by atoms with Gasteiger partial charge in [-0.3, -0.25) is 9.59 Å². The Kier molecular flexibility index (Phi) is 3.23. The Hall–Kier alpha value is -1.70. The lowest BCUT2D eigenvalue weighted by atomic mass is 9.50. The van der Waals surface area contributed by atoms with Gasteiger partial charge in [0.25, 0.3) is 0 Å². The highest BCUT2D eigenvalue weighted by atomic mass is 16.1. The van der Waals surface area contributed by atoms with E-state index in [-0.39, 0.29) is 22.4 Å². The van der Waals surface area contributed by atoms with Crippen molar-refractivity contribution in [2.75, 3.05) is 0 Å². The van der Waals surface area contributed by atoms with Crippen molar-refractivity contribution >= 4 is 11.6 Å². The SMILES string of the molecule is CC(=O)C1=CC[C@H]2[C@@H]3C[C@H](C)C4=CC(=O)C=C[C@]4(C)C3=CC[C@]12C. The number of carbonyl (C=O) groups is 2. The maximum atomic E-state index is 12.1. The Labute approximate surface area is 144 Å². The second-order valence-electron chi connectivity index (χ2n) is 8.58. The van der Waals surface area contributed by atoms with Crippen molar-refractivity contribution < 1.29 is 9.59 Å². The highest BCUT2D eigenvalue weighted by Gasteiger charge is 2.54. The molecular weight excluding hydrogens is 296 g/mol. The first-order valence-electron chi connectivity index (χ1n) is 9.15. The molecule has 0 saturated heterocycles. The molecule has 0 heterocycles. The van der Waals surface area contributed by atoms with Gasteiger partial charge in [-0.2, -0.15) is 0 Å². The van der Waals surface area contributed by atoms with Crippen LogP contribution in [0.2, 0.25) is 0 Å². The van der Waals surface area contributed by atoms with Gasteiger partial charge >= 0.3 is 0 Å². The van der Waals surface area contributed by atoms with Crippen LogP contribution in [0.4, 0.5) is 0 Å². The molecule has 0 amide bonds. The molecule has 0 aromatic heterocycles. The van der Waals surface area contributed by atoms with Crippen molar-refractivity contribution in [2.45, 2.75) is 47.0 Å². The van der Waals surface area contributed by atoms with Crippen molar-refractivity contribution in [3.05, 3.63) is 47.1 Å². The summed E-state index contributed by atoms with van der Waals surface area (Å²) in [5, 5.41) is 0. The minimum Gasteiger partial charge on any atom is -0.295 e. The number of ketones is 2. The molecule has 24 heavy (non-hydrogen) atoms. The molecule has 2 nitrogen and oxygen atoms in total. The van der Waals surface area contributed by atoms with Gasteiger partial charge < -0.3 is 0 Å². The molecule has 4 aliphatic carbocycles. The average Bonchev–Trinajstić information content (AvgIpc) is 2.87. The van der Waals surface area contributed by atoms with Crippen LogP contribution in [0, 0.1) is 28.6 Å². The lowest BCUT2D eigenvalue weighted by molar-refractivity contribution is -0.115. The molecule has 5 atom stereocenters. The number of allylic oxidation sites excluding steroid dienone is 8. The summed E-state index contributed by atoms with van der Waals surface area (Å²) in [6, 6.07) is 0. The molecule has 126 valence electrons. The van der Waals surface area contributed by atoms with Crippen molar-refractivity contribution in [3.8, 4) is 0 Å². The topological polar surface area (TPSA) is 34.1 Å². The molecule has 0 unspecified atom stereocenters. The second kappa shape index (κ2) is 4.91. The van der Waals surface area contributed by atoms with E-state index in [2.05, 4.69) is 39.0 Å². The molecule has 0 aromatic rings. The lowest BCUT2D eigenvalue weighted by Crippen LogP contribution is -2.45. The number of rotatable bonds is 1. The van der Waals surface area contributed by atoms with Crippen molar-refractivity contribution in [1.82, 2.24) is 0 Å². The van der Waals surface area contributed by atoms with E-state index in [0.717, 1.165) is 24.8 Å². The molecule has 0 aromatic carbocycles. The van der Waals surface area contributed by atoms with E-state index in [9.17, 15) is 9.59 Å². The Bertz CT molecular complexity index is 763. The number of carbonyl (C=O) groups excluding carboxylic acids is 2. The van der Waals surface area contributed by atoms with E-state index in [1.807, 2.05) is 6.08 Å². The molecule has 0 spiro atoms. The van der Waals surface area contributed by atoms with Gasteiger partial charge in [0.2, 0.25) is 0 Å². The van der Waals surface area contributed by atoms with E-state index in [0.29, 0.717) is 17.8 Å². The molecular formula is C22H26O2. The van der Waals surface area contributed by atoms with Gasteiger partial charge in [0, 0.05) is 10.8 Å². The van der Waals surface area contributed by atoms with Gasteiger partial charge in [-0.15, -0.1) is 0 Å².